The largest absolute Gasteiger partial charge is 0.491 e. The number of aryl methyl sites for hydroxylation is 1. The number of carbonyl (C=O) groups is 1. The number of aromatic amines is 1. The first-order chi connectivity index (χ1) is 14.2. The van der Waals surface area contributed by atoms with Crippen molar-refractivity contribution in [1.29, 1.82) is 0 Å². The molecule has 0 saturated carbocycles. The lowest BCUT2D eigenvalue weighted by Gasteiger charge is -2.14. The van der Waals surface area contributed by atoms with Crippen LogP contribution in [0.4, 0.5) is 5.69 Å². The van der Waals surface area contributed by atoms with Gasteiger partial charge in [-0.1, -0.05) is 13.8 Å². The van der Waals surface area contributed by atoms with Gasteiger partial charge in [-0.3, -0.25) is 19.1 Å². The summed E-state index contributed by atoms with van der Waals surface area (Å²) in [5, 5.41) is 2.91. The molecule has 1 amide bonds. The van der Waals surface area contributed by atoms with E-state index in [-0.39, 0.29) is 28.6 Å². The predicted octanol–water partition coefficient (Wildman–Crippen LogP) is 3.27. The van der Waals surface area contributed by atoms with Crippen molar-refractivity contribution < 1.29 is 9.53 Å². The molecule has 0 radical (unpaired) electrons. The number of nitrogens with zero attached hydrogens (tertiary/aromatic N) is 2. The van der Waals surface area contributed by atoms with E-state index < -0.39 is 17.2 Å². The van der Waals surface area contributed by atoms with Gasteiger partial charge in [0.1, 0.15) is 5.75 Å². The third-order valence-corrected chi connectivity index (χ3v) is 4.60. The maximum Gasteiger partial charge on any atom is 0.329 e. The molecule has 8 nitrogen and oxygen atoms in total. The average molecular weight is 410 g/mol. The van der Waals surface area contributed by atoms with E-state index in [9.17, 15) is 14.4 Å². The van der Waals surface area contributed by atoms with Crippen LogP contribution in [0.5, 0.6) is 5.75 Å². The Morgan fingerprint density at radius 3 is 2.40 bits per heavy atom. The highest BCUT2D eigenvalue weighted by molar-refractivity contribution is 6.11. The molecule has 0 aliphatic heterocycles. The summed E-state index contributed by atoms with van der Waals surface area (Å²) >= 11 is 0. The monoisotopic (exact) mass is 410 g/mol. The topological polar surface area (TPSA) is 106 Å². The molecular formula is C22H26N4O4. The lowest BCUT2D eigenvalue weighted by atomic mass is 10.0. The molecule has 0 fully saturated rings. The summed E-state index contributed by atoms with van der Waals surface area (Å²) in [6.07, 6.45) is 0.0472. The molecule has 0 saturated heterocycles. The van der Waals surface area contributed by atoms with E-state index in [4.69, 9.17) is 4.74 Å². The van der Waals surface area contributed by atoms with Crippen molar-refractivity contribution in [2.24, 2.45) is 0 Å². The van der Waals surface area contributed by atoms with Gasteiger partial charge in [-0.2, -0.15) is 0 Å². The predicted molar refractivity (Wildman–Crippen MR) is 117 cm³/mol. The number of nitrogens with one attached hydrogen (secondary N) is 2. The number of benzene rings is 1. The van der Waals surface area contributed by atoms with Crippen LogP contribution in [-0.4, -0.2) is 26.5 Å². The standard InChI is InChI=1S/C22H26N4O4/c1-6-26-19-18(21(28)25-22(26)29)16(11-17(24-19)12(2)3)20(27)23-14-7-9-15(10-8-14)30-13(4)5/h7-13H,6H2,1-5H3,(H,23,27)(H,25,28,29). The number of rotatable bonds is 6. The lowest BCUT2D eigenvalue weighted by Crippen LogP contribution is -2.32. The summed E-state index contributed by atoms with van der Waals surface area (Å²) in [4.78, 5) is 44.6. The van der Waals surface area contributed by atoms with E-state index >= 15 is 0 Å². The number of aromatic nitrogens is 3. The third-order valence-electron chi connectivity index (χ3n) is 4.60. The van der Waals surface area contributed by atoms with Gasteiger partial charge >= 0.3 is 5.69 Å². The summed E-state index contributed by atoms with van der Waals surface area (Å²) in [7, 11) is 0. The van der Waals surface area contributed by atoms with Crippen LogP contribution in [0.1, 0.15) is 56.6 Å². The average Bonchev–Trinajstić information content (AvgIpc) is 2.68. The Kier molecular flexibility index (Phi) is 6.05. The molecule has 0 spiro atoms. The van der Waals surface area contributed by atoms with Crippen molar-refractivity contribution >= 4 is 22.6 Å². The van der Waals surface area contributed by atoms with Crippen molar-refractivity contribution in [3.63, 3.8) is 0 Å². The zero-order chi connectivity index (χ0) is 22.0. The lowest BCUT2D eigenvalue weighted by molar-refractivity contribution is 0.102. The van der Waals surface area contributed by atoms with Crippen molar-refractivity contribution in [3.8, 4) is 5.75 Å². The van der Waals surface area contributed by atoms with Crippen LogP contribution in [0.15, 0.2) is 39.9 Å². The first kappa shape index (κ1) is 21.3. The minimum absolute atomic E-state index is 0.00751. The van der Waals surface area contributed by atoms with Crippen molar-refractivity contribution in [2.45, 2.75) is 53.2 Å². The fourth-order valence-electron chi connectivity index (χ4n) is 3.15. The molecule has 30 heavy (non-hydrogen) atoms. The minimum atomic E-state index is -0.631. The van der Waals surface area contributed by atoms with Crippen LogP contribution < -0.4 is 21.3 Å². The van der Waals surface area contributed by atoms with Gasteiger partial charge in [-0.25, -0.2) is 9.78 Å². The van der Waals surface area contributed by atoms with Gasteiger partial charge in [0.2, 0.25) is 0 Å². The molecule has 2 N–H and O–H groups in total. The van der Waals surface area contributed by atoms with Gasteiger partial charge in [0, 0.05) is 17.9 Å². The van der Waals surface area contributed by atoms with Gasteiger partial charge in [-0.05, 0) is 57.0 Å². The summed E-state index contributed by atoms with van der Waals surface area (Å²) in [6, 6.07) is 8.60. The van der Waals surface area contributed by atoms with E-state index in [1.807, 2.05) is 27.7 Å². The number of hydrogen-bond donors (Lipinski definition) is 2. The smallest absolute Gasteiger partial charge is 0.329 e. The summed E-state index contributed by atoms with van der Waals surface area (Å²) in [6.45, 7) is 9.84. The van der Waals surface area contributed by atoms with Crippen LogP contribution in [0.2, 0.25) is 0 Å². The van der Waals surface area contributed by atoms with Crippen LogP contribution >= 0.6 is 0 Å². The Hall–Kier alpha value is -3.42. The highest BCUT2D eigenvalue weighted by Gasteiger charge is 2.20. The van der Waals surface area contributed by atoms with Gasteiger partial charge in [-0.15, -0.1) is 0 Å². The van der Waals surface area contributed by atoms with Crippen LogP contribution in [0.3, 0.4) is 0 Å². The number of pyridine rings is 1. The second-order valence-corrected chi connectivity index (χ2v) is 7.60. The number of fused-ring (bicyclic) bond motifs is 1. The Bertz CT molecular complexity index is 1190. The Morgan fingerprint density at radius 1 is 1.17 bits per heavy atom. The summed E-state index contributed by atoms with van der Waals surface area (Å²) in [5.74, 6) is 0.254. The molecule has 158 valence electrons. The number of H-pyrrole nitrogens is 1. The van der Waals surface area contributed by atoms with E-state index in [1.54, 1.807) is 37.3 Å². The molecule has 2 aromatic heterocycles. The van der Waals surface area contributed by atoms with Crippen molar-refractivity contribution in [1.82, 2.24) is 14.5 Å². The molecule has 3 aromatic rings. The molecule has 0 atom stereocenters. The van der Waals surface area contributed by atoms with Crippen molar-refractivity contribution in [2.75, 3.05) is 5.32 Å². The maximum absolute atomic E-state index is 13.1. The second-order valence-electron chi connectivity index (χ2n) is 7.60. The summed E-state index contributed by atoms with van der Waals surface area (Å²) < 4.78 is 6.97. The van der Waals surface area contributed by atoms with Crippen LogP contribution in [0, 0.1) is 0 Å². The Balaban J connectivity index is 2.09. The van der Waals surface area contributed by atoms with Gasteiger partial charge in [0.25, 0.3) is 11.5 Å². The summed E-state index contributed by atoms with van der Waals surface area (Å²) in [5.41, 5.74) is 0.398. The van der Waals surface area contributed by atoms with Gasteiger partial charge < -0.3 is 10.1 Å². The van der Waals surface area contributed by atoms with E-state index in [2.05, 4.69) is 15.3 Å². The van der Waals surface area contributed by atoms with Crippen molar-refractivity contribution in [3.05, 3.63) is 62.4 Å². The van der Waals surface area contributed by atoms with Gasteiger partial charge in [0.05, 0.1) is 17.1 Å². The molecule has 0 aliphatic rings. The number of carbonyl (C=O) groups excluding carboxylic acids is 1. The molecule has 3 rings (SSSR count). The SMILES string of the molecule is CCn1c(=O)[nH]c(=O)c2c(C(=O)Nc3ccc(OC(C)C)cc3)cc(C(C)C)nc21. The molecule has 0 bridgehead atoms. The minimum Gasteiger partial charge on any atom is -0.491 e. The highest BCUT2D eigenvalue weighted by atomic mass is 16.5. The van der Waals surface area contributed by atoms with Crippen LogP contribution in [0.25, 0.3) is 11.0 Å². The third kappa shape index (κ3) is 4.27. The normalized spacial score (nSPS) is 11.3. The van der Waals surface area contributed by atoms with E-state index in [0.29, 0.717) is 23.7 Å². The highest BCUT2D eigenvalue weighted by Crippen LogP contribution is 2.22. The molecule has 8 heteroatoms. The Morgan fingerprint density at radius 2 is 1.83 bits per heavy atom. The number of ether oxygens (including phenoxy) is 1. The molecule has 2 heterocycles. The fraction of sp³-hybridized carbons (Fsp3) is 0.364. The first-order valence-corrected chi connectivity index (χ1v) is 9.97. The first-order valence-electron chi connectivity index (χ1n) is 9.97. The zero-order valence-electron chi connectivity index (χ0n) is 17.8. The molecule has 0 aliphatic carbocycles. The zero-order valence-corrected chi connectivity index (χ0v) is 17.8. The molecule has 0 unspecified atom stereocenters. The number of hydrogen-bond acceptors (Lipinski definition) is 5. The number of anilines is 1. The van der Waals surface area contributed by atoms with Crippen LogP contribution in [-0.2, 0) is 6.54 Å². The number of amides is 1. The van der Waals surface area contributed by atoms with E-state index in [1.165, 1.54) is 4.57 Å². The quantitative estimate of drug-likeness (QED) is 0.649. The molecular weight excluding hydrogens is 384 g/mol. The van der Waals surface area contributed by atoms with Gasteiger partial charge in [0.15, 0.2) is 5.65 Å². The fourth-order valence-corrected chi connectivity index (χ4v) is 3.15. The molecule has 1 aromatic carbocycles. The van der Waals surface area contributed by atoms with E-state index in [0.717, 1.165) is 0 Å². The Labute approximate surface area is 173 Å². The maximum atomic E-state index is 13.1. The second kappa shape index (κ2) is 8.52.